The van der Waals surface area contributed by atoms with E-state index < -0.39 is 0 Å². The molecule has 0 heterocycles. The number of ether oxygens (including phenoxy) is 1. The van der Waals surface area contributed by atoms with Gasteiger partial charge in [-0.2, -0.15) is 0 Å². The molecule has 0 unspecified atom stereocenters. The molecule has 0 bridgehead atoms. The topological polar surface area (TPSA) is 9.23 Å². The van der Waals surface area contributed by atoms with Gasteiger partial charge in [0.25, 0.3) is 0 Å². The van der Waals surface area contributed by atoms with Crippen LogP contribution in [0.15, 0.2) is 60.7 Å². The Morgan fingerprint density at radius 2 is 1.48 bits per heavy atom. The van der Waals surface area contributed by atoms with Crippen LogP contribution in [0.4, 0.5) is 4.39 Å². The second-order valence-electron chi connectivity index (χ2n) is 6.04. The van der Waals surface area contributed by atoms with Gasteiger partial charge in [0.1, 0.15) is 11.6 Å². The lowest BCUT2D eigenvalue weighted by Gasteiger charge is -2.07. The molecule has 0 aliphatic rings. The molecule has 0 spiro atoms. The van der Waals surface area contributed by atoms with E-state index in [2.05, 4.69) is 43.0 Å². The Hall–Kier alpha value is -2.79. The summed E-state index contributed by atoms with van der Waals surface area (Å²) in [6, 6.07) is 18.5. The highest BCUT2D eigenvalue weighted by atomic mass is 19.1. The molecule has 25 heavy (non-hydrogen) atoms. The summed E-state index contributed by atoms with van der Waals surface area (Å²) >= 11 is 0. The smallest absolute Gasteiger partial charge is 0.123 e. The maximum absolute atomic E-state index is 12.9. The van der Waals surface area contributed by atoms with E-state index in [1.807, 2.05) is 12.1 Å². The van der Waals surface area contributed by atoms with E-state index in [1.165, 1.54) is 25.0 Å². The van der Waals surface area contributed by atoms with Crippen molar-refractivity contribution >= 4 is 10.8 Å². The fourth-order valence-corrected chi connectivity index (χ4v) is 2.61. The first kappa shape index (κ1) is 17.0. The monoisotopic (exact) mass is 332 g/mol. The minimum atomic E-state index is -0.246. The van der Waals surface area contributed by atoms with Crippen LogP contribution in [0.25, 0.3) is 10.8 Å². The van der Waals surface area contributed by atoms with E-state index in [1.54, 1.807) is 12.1 Å². The van der Waals surface area contributed by atoms with Gasteiger partial charge in [0.2, 0.25) is 0 Å². The molecule has 0 fully saturated rings. The maximum atomic E-state index is 12.9. The van der Waals surface area contributed by atoms with Crippen molar-refractivity contribution in [1.29, 1.82) is 0 Å². The first-order valence-corrected chi connectivity index (χ1v) is 8.69. The van der Waals surface area contributed by atoms with Crippen LogP contribution in [0.2, 0.25) is 0 Å². The molecule has 0 N–H and O–H groups in total. The van der Waals surface area contributed by atoms with Crippen LogP contribution in [-0.2, 0) is 0 Å². The zero-order valence-electron chi connectivity index (χ0n) is 14.4. The molecule has 0 amide bonds. The Morgan fingerprint density at radius 3 is 2.28 bits per heavy atom. The fourth-order valence-electron chi connectivity index (χ4n) is 2.61. The summed E-state index contributed by atoms with van der Waals surface area (Å²) in [7, 11) is 0. The maximum Gasteiger partial charge on any atom is 0.123 e. The van der Waals surface area contributed by atoms with Crippen molar-refractivity contribution in [2.45, 2.75) is 26.2 Å². The molecule has 1 nitrogen and oxygen atoms in total. The van der Waals surface area contributed by atoms with Gasteiger partial charge in [-0.25, -0.2) is 4.39 Å². The van der Waals surface area contributed by atoms with E-state index in [9.17, 15) is 4.39 Å². The van der Waals surface area contributed by atoms with Gasteiger partial charge in [-0.15, -0.1) is 0 Å². The normalized spacial score (nSPS) is 10.3. The zero-order chi connectivity index (χ0) is 17.5. The van der Waals surface area contributed by atoms with Crippen LogP contribution in [0.1, 0.15) is 37.3 Å². The molecule has 3 rings (SSSR count). The molecule has 0 saturated carbocycles. The highest BCUT2D eigenvalue weighted by Gasteiger charge is 1.99. The first-order chi connectivity index (χ1) is 12.2. The van der Waals surface area contributed by atoms with Crippen molar-refractivity contribution in [3.63, 3.8) is 0 Å². The van der Waals surface area contributed by atoms with Crippen molar-refractivity contribution in [3.8, 4) is 17.6 Å². The number of fused-ring (bicyclic) bond motifs is 1. The summed E-state index contributed by atoms with van der Waals surface area (Å²) in [6.45, 7) is 2.95. The Balaban J connectivity index is 1.73. The Kier molecular flexibility index (Phi) is 5.69. The number of halogens is 1. The number of hydrogen-bond donors (Lipinski definition) is 0. The zero-order valence-corrected chi connectivity index (χ0v) is 14.4. The average Bonchev–Trinajstić information content (AvgIpc) is 2.64. The molecule has 0 saturated heterocycles. The van der Waals surface area contributed by atoms with Gasteiger partial charge in [-0.1, -0.05) is 43.7 Å². The number of benzene rings is 3. The lowest BCUT2D eigenvalue weighted by molar-refractivity contribution is 0.306. The van der Waals surface area contributed by atoms with Crippen molar-refractivity contribution in [2.75, 3.05) is 6.61 Å². The lowest BCUT2D eigenvalue weighted by atomic mass is 10.1. The standard InChI is InChI=1S/C23H21FO/c1-2-3-4-15-25-23-14-11-20-16-19(7-10-21(20)17-23)6-5-18-8-12-22(24)13-9-18/h7-14,16-17H,2-4,15H2,1H3. The third kappa shape index (κ3) is 4.84. The van der Waals surface area contributed by atoms with Crippen molar-refractivity contribution in [1.82, 2.24) is 0 Å². The van der Waals surface area contributed by atoms with Gasteiger partial charge in [0.15, 0.2) is 0 Å². The quantitative estimate of drug-likeness (QED) is 0.414. The van der Waals surface area contributed by atoms with E-state index in [-0.39, 0.29) is 5.82 Å². The molecule has 0 aromatic heterocycles. The molecule has 0 aliphatic carbocycles. The van der Waals surface area contributed by atoms with E-state index in [4.69, 9.17) is 4.74 Å². The molecule has 0 radical (unpaired) electrons. The lowest BCUT2D eigenvalue weighted by Crippen LogP contribution is -1.96. The number of rotatable bonds is 5. The molecular weight excluding hydrogens is 311 g/mol. The molecule has 2 heteroatoms. The SMILES string of the molecule is CCCCCOc1ccc2cc(C#Cc3ccc(F)cc3)ccc2c1. The number of unbranched alkanes of at least 4 members (excludes halogenated alkanes) is 2. The van der Waals surface area contributed by atoms with Gasteiger partial charge in [0, 0.05) is 11.1 Å². The van der Waals surface area contributed by atoms with Gasteiger partial charge >= 0.3 is 0 Å². The highest BCUT2D eigenvalue weighted by Crippen LogP contribution is 2.22. The average molecular weight is 332 g/mol. The van der Waals surface area contributed by atoms with Gasteiger partial charge in [-0.05, 0) is 65.7 Å². The number of hydrogen-bond acceptors (Lipinski definition) is 1. The minimum Gasteiger partial charge on any atom is -0.494 e. The molecule has 0 atom stereocenters. The second kappa shape index (κ2) is 8.35. The van der Waals surface area contributed by atoms with E-state index in [0.29, 0.717) is 0 Å². The van der Waals surface area contributed by atoms with Crippen molar-refractivity contribution in [2.24, 2.45) is 0 Å². The third-order valence-corrected chi connectivity index (χ3v) is 4.02. The van der Waals surface area contributed by atoms with Crippen LogP contribution >= 0.6 is 0 Å². The largest absolute Gasteiger partial charge is 0.494 e. The Labute approximate surface area is 148 Å². The predicted molar refractivity (Wildman–Crippen MR) is 101 cm³/mol. The Bertz CT molecular complexity index is 901. The van der Waals surface area contributed by atoms with Crippen LogP contribution in [0, 0.1) is 17.7 Å². The van der Waals surface area contributed by atoms with Gasteiger partial charge in [0.05, 0.1) is 6.61 Å². The second-order valence-corrected chi connectivity index (χ2v) is 6.04. The van der Waals surface area contributed by atoms with Crippen molar-refractivity contribution < 1.29 is 9.13 Å². The summed E-state index contributed by atoms with van der Waals surface area (Å²) in [5, 5.41) is 2.27. The molecule has 3 aromatic rings. The van der Waals surface area contributed by atoms with Crippen LogP contribution in [0.5, 0.6) is 5.75 Å². The van der Waals surface area contributed by atoms with Gasteiger partial charge in [-0.3, -0.25) is 0 Å². The van der Waals surface area contributed by atoms with Crippen LogP contribution in [0.3, 0.4) is 0 Å². The summed E-state index contributed by atoms with van der Waals surface area (Å²) in [5.74, 6) is 6.86. The Morgan fingerprint density at radius 1 is 0.800 bits per heavy atom. The molecule has 0 aliphatic heterocycles. The van der Waals surface area contributed by atoms with Gasteiger partial charge < -0.3 is 4.74 Å². The summed E-state index contributed by atoms with van der Waals surface area (Å²) in [5.41, 5.74) is 1.74. The summed E-state index contributed by atoms with van der Waals surface area (Å²) in [6.07, 6.45) is 3.49. The molecular formula is C23H21FO. The molecule has 3 aromatic carbocycles. The summed E-state index contributed by atoms with van der Waals surface area (Å²) in [4.78, 5) is 0. The van der Waals surface area contributed by atoms with E-state index in [0.717, 1.165) is 40.7 Å². The fraction of sp³-hybridized carbons (Fsp3) is 0.217. The van der Waals surface area contributed by atoms with Crippen LogP contribution < -0.4 is 4.74 Å². The third-order valence-electron chi connectivity index (χ3n) is 4.02. The van der Waals surface area contributed by atoms with Crippen LogP contribution in [-0.4, -0.2) is 6.61 Å². The predicted octanol–water partition coefficient (Wildman–Crippen LogP) is 5.95. The summed E-state index contributed by atoms with van der Waals surface area (Å²) < 4.78 is 18.7. The van der Waals surface area contributed by atoms with Crippen molar-refractivity contribution in [3.05, 3.63) is 77.6 Å². The highest BCUT2D eigenvalue weighted by molar-refractivity contribution is 5.85. The van der Waals surface area contributed by atoms with E-state index >= 15 is 0 Å². The first-order valence-electron chi connectivity index (χ1n) is 8.69. The minimum absolute atomic E-state index is 0.246. The molecule has 126 valence electrons.